The number of rotatable bonds is 5. The molecule has 2 rings (SSSR count). The summed E-state index contributed by atoms with van der Waals surface area (Å²) in [6, 6.07) is 10.7. The zero-order valence-electron chi connectivity index (χ0n) is 15.0. The van der Waals surface area contributed by atoms with Gasteiger partial charge in [-0.25, -0.2) is 4.79 Å². The van der Waals surface area contributed by atoms with Crippen LogP contribution in [0.3, 0.4) is 0 Å². The van der Waals surface area contributed by atoms with Crippen molar-refractivity contribution in [3.8, 4) is 0 Å². The van der Waals surface area contributed by atoms with Crippen molar-refractivity contribution in [2.24, 2.45) is 5.16 Å². The van der Waals surface area contributed by atoms with Crippen LogP contribution in [0.25, 0.3) is 0 Å². The van der Waals surface area contributed by atoms with Crippen molar-refractivity contribution >= 4 is 34.7 Å². The number of urea groups is 1. The highest BCUT2D eigenvalue weighted by Gasteiger charge is 2.24. The van der Waals surface area contributed by atoms with Gasteiger partial charge in [-0.3, -0.25) is 10.1 Å². The highest BCUT2D eigenvalue weighted by atomic mass is 35.5. The molecule has 142 valence electrons. The van der Waals surface area contributed by atoms with Crippen molar-refractivity contribution in [3.63, 3.8) is 0 Å². The number of nitrogens with zero attached hydrogens (tertiary/aromatic N) is 2. The van der Waals surface area contributed by atoms with Gasteiger partial charge in [0.1, 0.15) is 5.02 Å². The van der Waals surface area contributed by atoms with Gasteiger partial charge in [-0.1, -0.05) is 35.0 Å². The first-order valence-electron chi connectivity index (χ1n) is 7.96. The van der Waals surface area contributed by atoms with Crippen molar-refractivity contribution in [1.82, 2.24) is 5.32 Å². The van der Waals surface area contributed by atoms with Gasteiger partial charge in [0.05, 0.1) is 16.2 Å². The summed E-state index contributed by atoms with van der Waals surface area (Å²) in [6.07, 6.45) is 0. The number of nitrogens with one attached hydrogen (secondary N) is 2. The van der Waals surface area contributed by atoms with Crippen LogP contribution in [0.15, 0.2) is 47.6 Å². The predicted molar refractivity (Wildman–Crippen MR) is 104 cm³/mol. The number of anilines is 1. The third-order valence-corrected chi connectivity index (χ3v) is 4.30. The van der Waals surface area contributed by atoms with E-state index in [1.807, 2.05) is 12.1 Å². The molecule has 0 atom stereocenters. The molecule has 0 fully saturated rings. The number of hydrogen-bond acceptors (Lipinski definition) is 5. The number of carbonyl (C=O) groups excluding carboxylic acids is 1. The summed E-state index contributed by atoms with van der Waals surface area (Å²) < 4.78 is 0. The standard InChI is InChI=1S/C18H19ClN4O4/c1-11(22-25)12-5-4-6-13(9-12)18(2,3)21-17(24)20-14-7-8-15(19)16(10-14)23(26)27/h4-10,25H,1-3H3,(H2,20,21,24)/b22-11+. The Morgan fingerprint density at radius 2 is 1.96 bits per heavy atom. The Kier molecular flexibility index (Phi) is 6.02. The fourth-order valence-corrected chi connectivity index (χ4v) is 2.63. The molecule has 0 aliphatic heterocycles. The van der Waals surface area contributed by atoms with Crippen molar-refractivity contribution in [2.75, 3.05) is 5.32 Å². The maximum absolute atomic E-state index is 12.4. The number of carbonyl (C=O) groups is 1. The van der Waals surface area contributed by atoms with E-state index in [1.165, 1.54) is 18.2 Å². The van der Waals surface area contributed by atoms with Gasteiger partial charge >= 0.3 is 6.03 Å². The van der Waals surface area contributed by atoms with E-state index in [0.29, 0.717) is 5.71 Å². The Hall–Kier alpha value is -3.13. The molecule has 8 nitrogen and oxygen atoms in total. The molecule has 2 aromatic carbocycles. The lowest BCUT2D eigenvalue weighted by molar-refractivity contribution is -0.384. The molecule has 2 aromatic rings. The number of nitro benzene ring substituents is 1. The molecule has 0 aliphatic carbocycles. The minimum atomic E-state index is -0.756. The summed E-state index contributed by atoms with van der Waals surface area (Å²) in [5, 5.41) is 28.4. The van der Waals surface area contributed by atoms with Gasteiger partial charge in [-0.05, 0) is 50.1 Å². The molecule has 9 heteroatoms. The molecule has 0 unspecified atom stereocenters. The Labute approximate surface area is 161 Å². The first-order chi connectivity index (χ1) is 12.6. The zero-order valence-corrected chi connectivity index (χ0v) is 15.7. The van der Waals surface area contributed by atoms with E-state index in [2.05, 4.69) is 15.8 Å². The van der Waals surface area contributed by atoms with Gasteiger partial charge in [0, 0.05) is 11.8 Å². The lowest BCUT2D eigenvalue weighted by Gasteiger charge is -2.27. The summed E-state index contributed by atoms with van der Waals surface area (Å²) in [5.74, 6) is 0. The maximum atomic E-state index is 12.4. The number of oxime groups is 1. The van der Waals surface area contributed by atoms with Gasteiger partial charge in [0.2, 0.25) is 0 Å². The van der Waals surface area contributed by atoms with Crippen molar-refractivity contribution in [2.45, 2.75) is 26.3 Å². The summed E-state index contributed by atoms with van der Waals surface area (Å²) in [4.78, 5) is 22.7. The molecule has 0 saturated carbocycles. The lowest BCUT2D eigenvalue weighted by Crippen LogP contribution is -2.43. The maximum Gasteiger partial charge on any atom is 0.319 e. The number of benzene rings is 2. The average molecular weight is 391 g/mol. The fraction of sp³-hybridized carbons (Fsp3) is 0.222. The predicted octanol–water partition coefficient (Wildman–Crippen LogP) is 4.50. The van der Waals surface area contributed by atoms with Gasteiger partial charge in [0.25, 0.3) is 5.69 Å². The Morgan fingerprint density at radius 1 is 1.26 bits per heavy atom. The first kappa shape index (κ1) is 20.2. The van der Waals surface area contributed by atoms with E-state index in [1.54, 1.807) is 32.9 Å². The van der Waals surface area contributed by atoms with Crippen molar-refractivity contribution < 1.29 is 14.9 Å². The highest BCUT2D eigenvalue weighted by Crippen LogP contribution is 2.27. The second-order valence-corrected chi connectivity index (χ2v) is 6.80. The molecule has 0 aliphatic rings. The van der Waals surface area contributed by atoms with E-state index in [0.717, 1.165) is 11.1 Å². The van der Waals surface area contributed by atoms with Crippen molar-refractivity contribution in [1.29, 1.82) is 0 Å². The fourth-order valence-electron chi connectivity index (χ4n) is 2.44. The smallest absolute Gasteiger partial charge is 0.319 e. The van der Waals surface area contributed by atoms with Gasteiger partial charge < -0.3 is 15.8 Å². The molecule has 0 radical (unpaired) electrons. The van der Waals surface area contributed by atoms with Crippen LogP contribution in [0.4, 0.5) is 16.2 Å². The first-order valence-corrected chi connectivity index (χ1v) is 8.34. The molecule has 0 aromatic heterocycles. The van der Waals surface area contributed by atoms with Crippen LogP contribution in [-0.4, -0.2) is 21.9 Å². The molecule has 27 heavy (non-hydrogen) atoms. The van der Waals surface area contributed by atoms with Crippen LogP contribution in [-0.2, 0) is 5.54 Å². The molecule has 2 amide bonds. The summed E-state index contributed by atoms with van der Waals surface area (Å²) >= 11 is 5.77. The van der Waals surface area contributed by atoms with E-state index < -0.39 is 16.5 Å². The van der Waals surface area contributed by atoms with E-state index in [4.69, 9.17) is 16.8 Å². The van der Waals surface area contributed by atoms with Gasteiger partial charge in [-0.2, -0.15) is 0 Å². The largest absolute Gasteiger partial charge is 0.411 e. The topological polar surface area (TPSA) is 117 Å². The van der Waals surface area contributed by atoms with Gasteiger partial charge in [0.15, 0.2) is 0 Å². The molecular weight excluding hydrogens is 372 g/mol. The highest BCUT2D eigenvalue weighted by molar-refractivity contribution is 6.32. The van der Waals surface area contributed by atoms with Crippen LogP contribution in [0.5, 0.6) is 0 Å². The van der Waals surface area contributed by atoms with Crippen LogP contribution < -0.4 is 10.6 Å². The van der Waals surface area contributed by atoms with Crippen LogP contribution in [0.2, 0.25) is 5.02 Å². The SMILES string of the molecule is C/C(=N\O)c1cccc(C(C)(C)NC(=O)Nc2ccc(Cl)c([N+](=O)[O-])c2)c1. The monoisotopic (exact) mass is 390 g/mol. The minimum Gasteiger partial charge on any atom is -0.411 e. The molecule has 0 spiro atoms. The zero-order chi connectivity index (χ0) is 20.2. The van der Waals surface area contributed by atoms with Crippen molar-refractivity contribution in [3.05, 3.63) is 68.7 Å². The number of halogens is 1. The number of amides is 2. The number of hydrogen-bond donors (Lipinski definition) is 3. The second-order valence-electron chi connectivity index (χ2n) is 6.39. The quantitative estimate of drug-likeness (QED) is 0.301. The Balaban J connectivity index is 2.17. The summed E-state index contributed by atoms with van der Waals surface area (Å²) in [6.45, 7) is 5.28. The third-order valence-electron chi connectivity index (χ3n) is 3.98. The Bertz CT molecular complexity index is 912. The molecule has 0 heterocycles. The van der Waals surface area contributed by atoms with Crippen LogP contribution >= 0.6 is 11.6 Å². The van der Waals surface area contributed by atoms with Gasteiger partial charge in [-0.15, -0.1) is 0 Å². The number of nitro groups is 1. The van der Waals surface area contributed by atoms with E-state index in [9.17, 15) is 14.9 Å². The average Bonchev–Trinajstić information content (AvgIpc) is 2.62. The summed E-state index contributed by atoms with van der Waals surface area (Å²) in [7, 11) is 0. The summed E-state index contributed by atoms with van der Waals surface area (Å²) in [5.41, 5.74) is 1.16. The second kappa shape index (κ2) is 8.05. The van der Waals surface area contributed by atoms with Crippen LogP contribution in [0.1, 0.15) is 31.9 Å². The molecular formula is C18H19ClN4O4. The van der Waals surface area contributed by atoms with E-state index in [-0.39, 0.29) is 16.4 Å². The Morgan fingerprint density at radius 3 is 2.59 bits per heavy atom. The lowest BCUT2D eigenvalue weighted by atomic mass is 9.92. The van der Waals surface area contributed by atoms with E-state index >= 15 is 0 Å². The minimum absolute atomic E-state index is 0.0102. The van der Waals surface area contributed by atoms with Crippen LogP contribution in [0, 0.1) is 10.1 Å². The normalized spacial score (nSPS) is 11.8. The third kappa shape index (κ3) is 4.95. The molecule has 3 N–H and O–H groups in total. The molecule has 0 saturated heterocycles. The molecule has 0 bridgehead atoms.